The minimum atomic E-state index is -0.386. The molecule has 1 aromatic heterocycles. The molecule has 5 rings (SSSR count). The van der Waals surface area contributed by atoms with Gasteiger partial charge in [0.05, 0.1) is 22.2 Å². The first kappa shape index (κ1) is 30.1. The van der Waals surface area contributed by atoms with Gasteiger partial charge >= 0.3 is 0 Å². The number of benzene rings is 2. The molecule has 0 bridgehead atoms. The number of nitrogens with one attached hydrogen (secondary N) is 1. The first-order valence-electron chi connectivity index (χ1n) is 13.5. The Morgan fingerprint density at radius 2 is 1.79 bits per heavy atom. The second kappa shape index (κ2) is 13.3. The Labute approximate surface area is 258 Å². The molecule has 0 aliphatic carbocycles. The van der Waals surface area contributed by atoms with Crippen molar-refractivity contribution in [2.75, 3.05) is 44.8 Å². The molecule has 1 fully saturated rings. The SMILES string of the molecule is CC(C)N(CC(=O)Nc1nc(CC(=O)N2CCN(Cc3ccc4c(c3)OCO4)CC2)cs1)C(=O)c1ccc(Cl)c(Cl)c1. The van der Waals surface area contributed by atoms with Gasteiger partial charge in [-0.05, 0) is 49.7 Å². The predicted octanol–water partition coefficient (Wildman–Crippen LogP) is 4.55. The number of fused-ring (bicyclic) bond motifs is 1. The smallest absolute Gasteiger partial charge is 0.254 e. The summed E-state index contributed by atoms with van der Waals surface area (Å²) in [6, 6.07) is 10.4. The summed E-state index contributed by atoms with van der Waals surface area (Å²) < 4.78 is 10.9. The van der Waals surface area contributed by atoms with E-state index in [9.17, 15) is 14.4 Å². The minimum Gasteiger partial charge on any atom is -0.454 e. The van der Waals surface area contributed by atoms with Gasteiger partial charge in [-0.2, -0.15) is 0 Å². The maximum absolute atomic E-state index is 13.0. The molecular formula is C29H31Cl2N5O5S. The highest BCUT2D eigenvalue weighted by molar-refractivity contribution is 7.13. The molecule has 2 aliphatic heterocycles. The fourth-order valence-electron chi connectivity index (χ4n) is 4.76. The molecular weight excluding hydrogens is 601 g/mol. The molecule has 0 spiro atoms. The van der Waals surface area contributed by atoms with Crippen molar-refractivity contribution in [1.29, 1.82) is 0 Å². The summed E-state index contributed by atoms with van der Waals surface area (Å²) >= 11 is 13.3. The Bertz CT molecular complexity index is 1470. The average Bonchev–Trinajstić information content (AvgIpc) is 3.62. The van der Waals surface area contributed by atoms with Crippen LogP contribution < -0.4 is 14.8 Å². The van der Waals surface area contributed by atoms with Crippen LogP contribution in [-0.2, 0) is 22.6 Å². The molecule has 3 amide bonds. The largest absolute Gasteiger partial charge is 0.454 e. The highest BCUT2D eigenvalue weighted by Crippen LogP contribution is 2.33. The zero-order valence-electron chi connectivity index (χ0n) is 23.3. The van der Waals surface area contributed by atoms with E-state index in [0.717, 1.165) is 36.7 Å². The van der Waals surface area contributed by atoms with Crippen LogP contribution >= 0.6 is 34.5 Å². The van der Waals surface area contributed by atoms with E-state index in [1.54, 1.807) is 17.5 Å². The quantitative estimate of drug-likeness (QED) is 0.369. The van der Waals surface area contributed by atoms with Crippen molar-refractivity contribution in [3.8, 4) is 11.5 Å². The van der Waals surface area contributed by atoms with Gasteiger partial charge in [-0.15, -0.1) is 11.3 Å². The molecule has 0 saturated carbocycles. The Morgan fingerprint density at radius 1 is 1.02 bits per heavy atom. The normalized spacial score (nSPS) is 14.7. The highest BCUT2D eigenvalue weighted by Gasteiger charge is 2.25. The third-order valence-electron chi connectivity index (χ3n) is 7.06. The average molecular weight is 633 g/mol. The molecule has 0 radical (unpaired) electrons. The van der Waals surface area contributed by atoms with Crippen LogP contribution in [0.4, 0.5) is 5.13 Å². The van der Waals surface area contributed by atoms with Crippen LogP contribution in [0.5, 0.6) is 11.5 Å². The van der Waals surface area contributed by atoms with Gasteiger partial charge in [0.25, 0.3) is 5.91 Å². The molecule has 13 heteroatoms. The summed E-state index contributed by atoms with van der Waals surface area (Å²) in [5.74, 6) is 0.822. The zero-order chi connectivity index (χ0) is 29.8. The molecule has 2 aromatic carbocycles. The summed E-state index contributed by atoms with van der Waals surface area (Å²) in [6.07, 6.45) is 0.155. The molecule has 0 atom stereocenters. The fraction of sp³-hybridized carbons (Fsp3) is 0.379. The van der Waals surface area contributed by atoms with Gasteiger partial charge in [0.2, 0.25) is 18.6 Å². The molecule has 3 aromatic rings. The van der Waals surface area contributed by atoms with Gasteiger partial charge in [0.15, 0.2) is 16.6 Å². The summed E-state index contributed by atoms with van der Waals surface area (Å²) in [4.78, 5) is 48.8. The van der Waals surface area contributed by atoms with Gasteiger partial charge in [0, 0.05) is 49.7 Å². The predicted molar refractivity (Wildman–Crippen MR) is 162 cm³/mol. The van der Waals surface area contributed by atoms with E-state index < -0.39 is 0 Å². The standard InChI is InChI=1S/C29H31Cl2N5O5S/c1-18(2)36(28(39)20-4-5-22(30)23(31)12-20)15-26(37)33-29-32-21(16-42-29)13-27(38)35-9-7-34(8-10-35)14-19-3-6-24-25(11-19)41-17-40-24/h3-6,11-12,16,18H,7-10,13-15,17H2,1-2H3,(H,32,33,37). The fourth-order valence-corrected chi connectivity index (χ4v) is 5.79. The lowest BCUT2D eigenvalue weighted by molar-refractivity contribution is -0.132. The van der Waals surface area contributed by atoms with Gasteiger partial charge in [-0.3, -0.25) is 19.3 Å². The lowest BCUT2D eigenvalue weighted by Gasteiger charge is -2.34. The summed E-state index contributed by atoms with van der Waals surface area (Å²) in [7, 11) is 0. The number of amides is 3. The third-order valence-corrected chi connectivity index (χ3v) is 8.61. The number of ether oxygens (including phenoxy) is 2. The number of nitrogens with zero attached hydrogens (tertiary/aromatic N) is 4. The first-order chi connectivity index (χ1) is 20.2. The summed E-state index contributed by atoms with van der Waals surface area (Å²) in [5, 5.41) is 5.51. The van der Waals surface area contributed by atoms with Crippen LogP contribution in [-0.4, -0.2) is 83.0 Å². The van der Waals surface area contributed by atoms with Crippen molar-refractivity contribution in [2.24, 2.45) is 0 Å². The van der Waals surface area contributed by atoms with Crippen molar-refractivity contribution >= 4 is 57.4 Å². The number of anilines is 1. The maximum Gasteiger partial charge on any atom is 0.254 e. The van der Waals surface area contributed by atoms with Crippen LogP contribution in [0.2, 0.25) is 10.0 Å². The monoisotopic (exact) mass is 631 g/mol. The van der Waals surface area contributed by atoms with Crippen LogP contribution in [0.3, 0.4) is 0 Å². The van der Waals surface area contributed by atoms with E-state index in [0.29, 0.717) is 34.5 Å². The van der Waals surface area contributed by atoms with Crippen LogP contribution in [0.25, 0.3) is 0 Å². The van der Waals surface area contributed by atoms with E-state index in [-0.39, 0.29) is 48.5 Å². The number of carbonyl (C=O) groups excluding carboxylic acids is 3. The van der Waals surface area contributed by atoms with Gasteiger partial charge in [0.1, 0.15) is 6.54 Å². The molecule has 0 unspecified atom stereocenters. The van der Waals surface area contributed by atoms with E-state index >= 15 is 0 Å². The number of thiazole rings is 1. The minimum absolute atomic E-state index is 0.000823. The Hall–Kier alpha value is -3.38. The number of rotatable bonds is 9. The van der Waals surface area contributed by atoms with E-state index in [4.69, 9.17) is 32.7 Å². The number of aromatic nitrogens is 1. The van der Waals surface area contributed by atoms with Crippen molar-refractivity contribution in [3.05, 3.63) is 68.6 Å². The van der Waals surface area contributed by atoms with E-state index in [1.807, 2.05) is 36.9 Å². The number of halogens is 2. The molecule has 1 saturated heterocycles. The summed E-state index contributed by atoms with van der Waals surface area (Å²) in [5.41, 5.74) is 2.08. The Kier molecular flexibility index (Phi) is 9.52. The first-order valence-corrected chi connectivity index (χ1v) is 15.2. The van der Waals surface area contributed by atoms with Crippen molar-refractivity contribution in [2.45, 2.75) is 32.9 Å². The zero-order valence-corrected chi connectivity index (χ0v) is 25.6. The summed E-state index contributed by atoms with van der Waals surface area (Å²) in [6.45, 7) is 7.33. The van der Waals surface area contributed by atoms with Gasteiger partial charge in [-0.25, -0.2) is 4.98 Å². The Balaban J connectivity index is 1.09. The van der Waals surface area contributed by atoms with Crippen LogP contribution in [0.15, 0.2) is 41.8 Å². The van der Waals surface area contributed by atoms with E-state index in [2.05, 4.69) is 15.2 Å². The third kappa shape index (κ3) is 7.33. The lowest BCUT2D eigenvalue weighted by Crippen LogP contribution is -2.48. The number of carbonyl (C=O) groups is 3. The number of hydrogen-bond donors (Lipinski definition) is 1. The molecule has 42 heavy (non-hydrogen) atoms. The van der Waals surface area contributed by atoms with Crippen molar-refractivity contribution < 1.29 is 23.9 Å². The van der Waals surface area contributed by atoms with E-state index in [1.165, 1.54) is 22.3 Å². The molecule has 2 aliphatic rings. The van der Waals surface area contributed by atoms with Gasteiger partial charge < -0.3 is 24.6 Å². The molecule has 1 N–H and O–H groups in total. The molecule has 222 valence electrons. The van der Waals surface area contributed by atoms with Gasteiger partial charge in [-0.1, -0.05) is 29.3 Å². The topological polar surface area (TPSA) is 104 Å². The number of hydrogen-bond acceptors (Lipinski definition) is 8. The second-order valence-electron chi connectivity index (χ2n) is 10.4. The van der Waals surface area contributed by atoms with Crippen LogP contribution in [0, 0.1) is 0 Å². The molecule has 10 nitrogen and oxygen atoms in total. The number of piperazine rings is 1. The van der Waals surface area contributed by atoms with Crippen molar-refractivity contribution in [3.63, 3.8) is 0 Å². The maximum atomic E-state index is 13.0. The lowest BCUT2D eigenvalue weighted by atomic mass is 10.1. The second-order valence-corrected chi connectivity index (χ2v) is 12.0. The molecule has 3 heterocycles. The van der Waals surface area contributed by atoms with Crippen molar-refractivity contribution in [1.82, 2.24) is 19.7 Å². The Morgan fingerprint density at radius 3 is 2.52 bits per heavy atom. The van der Waals surface area contributed by atoms with Crippen LogP contribution in [0.1, 0.15) is 35.5 Å². The highest BCUT2D eigenvalue weighted by atomic mass is 35.5.